The highest BCUT2D eigenvalue weighted by molar-refractivity contribution is 9.10. The smallest absolute Gasteiger partial charge is 0.227 e. The van der Waals surface area contributed by atoms with E-state index in [4.69, 9.17) is 4.74 Å². The topological polar surface area (TPSA) is 72.0 Å². The van der Waals surface area contributed by atoms with Gasteiger partial charge in [-0.15, -0.1) is 0 Å². The second-order valence-electron chi connectivity index (χ2n) is 3.05. The molecule has 0 saturated carbocycles. The van der Waals surface area contributed by atoms with E-state index in [0.717, 1.165) is 0 Å². The van der Waals surface area contributed by atoms with Crippen LogP contribution in [-0.4, -0.2) is 29.1 Å². The van der Waals surface area contributed by atoms with Gasteiger partial charge in [0.15, 0.2) is 6.29 Å². The molecule has 5 nitrogen and oxygen atoms in total. The van der Waals surface area contributed by atoms with Crippen LogP contribution in [0.4, 0.5) is 0 Å². The first-order chi connectivity index (χ1) is 7.69. The van der Waals surface area contributed by atoms with Gasteiger partial charge in [0.25, 0.3) is 0 Å². The maximum atomic E-state index is 11.4. The van der Waals surface area contributed by atoms with Gasteiger partial charge >= 0.3 is 0 Å². The van der Waals surface area contributed by atoms with Crippen LogP contribution in [0.1, 0.15) is 10.4 Å². The molecule has 6 heteroatoms. The van der Waals surface area contributed by atoms with Crippen molar-refractivity contribution < 1.29 is 14.3 Å². The van der Waals surface area contributed by atoms with Gasteiger partial charge in [-0.3, -0.25) is 9.59 Å². The van der Waals surface area contributed by atoms with Crippen molar-refractivity contribution in [2.75, 3.05) is 7.11 Å². The van der Waals surface area contributed by atoms with Crippen molar-refractivity contribution in [3.05, 3.63) is 22.6 Å². The van der Waals surface area contributed by atoms with Gasteiger partial charge in [-0.25, -0.2) is 4.98 Å². The zero-order valence-electron chi connectivity index (χ0n) is 8.28. The van der Waals surface area contributed by atoms with Crippen LogP contribution in [0.2, 0.25) is 0 Å². The summed E-state index contributed by atoms with van der Waals surface area (Å²) in [6.45, 7) is 0. The molecule has 0 aromatic carbocycles. The van der Waals surface area contributed by atoms with Crippen LogP contribution in [0.5, 0.6) is 5.75 Å². The highest BCUT2D eigenvalue weighted by atomic mass is 79.9. The zero-order valence-corrected chi connectivity index (χ0v) is 9.87. The third kappa shape index (κ3) is 1.51. The third-order valence-corrected chi connectivity index (χ3v) is 2.82. The number of rotatable bonds is 3. The average Bonchev–Trinajstić information content (AvgIpc) is 2.74. The summed E-state index contributed by atoms with van der Waals surface area (Å²) in [5, 5.41) is 0.557. The fourth-order valence-electron chi connectivity index (χ4n) is 1.50. The Morgan fingerprint density at radius 2 is 2.38 bits per heavy atom. The molecule has 2 heterocycles. The zero-order chi connectivity index (χ0) is 11.7. The van der Waals surface area contributed by atoms with Crippen molar-refractivity contribution in [3.8, 4) is 5.75 Å². The van der Waals surface area contributed by atoms with E-state index in [2.05, 4.69) is 25.9 Å². The fraction of sp³-hybridized carbons (Fsp3) is 0.100. The maximum Gasteiger partial charge on any atom is 0.227 e. The van der Waals surface area contributed by atoms with E-state index in [1.165, 1.54) is 19.5 Å². The van der Waals surface area contributed by atoms with Gasteiger partial charge in [0.05, 0.1) is 29.8 Å². The molecule has 82 valence electrons. The summed E-state index contributed by atoms with van der Waals surface area (Å²) in [4.78, 5) is 28.8. The number of hydrogen-bond donors (Lipinski definition) is 1. The van der Waals surface area contributed by atoms with E-state index in [1.807, 2.05) is 0 Å². The molecule has 0 amide bonds. The van der Waals surface area contributed by atoms with Gasteiger partial charge in [-0.05, 0) is 15.9 Å². The second-order valence-corrected chi connectivity index (χ2v) is 3.80. The highest BCUT2D eigenvalue weighted by Crippen LogP contribution is 2.31. The van der Waals surface area contributed by atoms with Crippen molar-refractivity contribution in [1.29, 1.82) is 0 Å². The Labute approximate surface area is 98.9 Å². The number of carbonyl (C=O) groups excluding carboxylic acids is 2. The van der Waals surface area contributed by atoms with Crippen LogP contribution in [0.15, 0.2) is 17.0 Å². The van der Waals surface area contributed by atoms with Crippen LogP contribution in [0, 0.1) is 0 Å². The number of ether oxygens (including phenoxy) is 1. The first kappa shape index (κ1) is 10.8. The standard InChI is InChI=1S/C10H7BrN2O3/c1-16-7-3-13-10(11)9-8(7)5(2-12-9)6(15)4-14/h2-4,12H,1H3. The van der Waals surface area contributed by atoms with Crippen molar-refractivity contribution in [2.24, 2.45) is 0 Å². The van der Waals surface area contributed by atoms with E-state index in [9.17, 15) is 9.59 Å². The molecular formula is C10H7BrN2O3. The lowest BCUT2D eigenvalue weighted by Crippen LogP contribution is -1.99. The predicted molar refractivity (Wildman–Crippen MR) is 60.7 cm³/mol. The molecule has 0 aliphatic carbocycles. The summed E-state index contributed by atoms with van der Waals surface area (Å²) >= 11 is 3.25. The number of nitrogens with zero attached hydrogens (tertiary/aromatic N) is 1. The number of Topliss-reactive ketones (excluding diaryl/α,β-unsaturated/α-hetero) is 1. The normalized spacial score (nSPS) is 10.4. The number of aromatic nitrogens is 2. The van der Waals surface area contributed by atoms with Gasteiger partial charge in [0.1, 0.15) is 10.4 Å². The molecule has 2 rings (SSSR count). The van der Waals surface area contributed by atoms with Crippen LogP contribution in [-0.2, 0) is 4.79 Å². The van der Waals surface area contributed by atoms with Crippen LogP contribution >= 0.6 is 15.9 Å². The number of aldehydes is 1. The van der Waals surface area contributed by atoms with E-state index in [1.54, 1.807) is 0 Å². The number of halogens is 1. The van der Waals surface area contributed by atoms with Gasteiger partial charge < -0.3 is 9.72 Å². The Morgan fingerprint density at radius 1 is 1.62 bits per heavy atom. The predicted octanol–water partition coefficient (Wildman–Crippen LogP) is 1.72. The van der Waals surface area contributed by atoms with Crippen molar-refractivity contribution in [1.82, 2.24) is 9.97 Å². The van der Waals surface area contributed by atoms with Crippen LogP contribution < -0.4 is 4.74 Å². The summed E-state index contributed by atoms with van der Waals surface area (Å²) in [5.41, 5.74) is 0.912. The van der Waals surface area contributed by atoms with Gasteiger partial charge in [0, 0.05) is 6.20 Å². The Kier molecular flexibility index (Phi) is 2.74. The number of methoxy groups -OCH3 is 1. The van der Waals surface area contributed by atoms with Crippen molar-refractivity contribution in [3.63, 3.8) is 0 Å². The summed E-state index contributed by atoms with van der Waals surface area (Å²) in [6, 6.07) is 0. The molecular weight excluding hydrogens is 276 g/mol. The number of carbonyl (C=O) groups is 2. The maximum absolute atomic E-state index is 11.4. The summed E-state index contributed by atoms with van der Waals surface area (Å²) in [5.74, 6) is -0.146. The number of aromatic amines is 1. The molecule has 0 bridgehead atoms. The molecule has 0 fully saturated rings. The number of H-pyrrole nitrogens is 1. The monoisotopic (exact) mass is 282 g/mol. The largest absolute Gasteiger partial charge is 0.494 e. The summed E-state index contributed by atoms with van der Waals surface area (Å²) in [7, 11) is 1.48. The van der Waals surface area contributed by atoms with Crippen molar-refractivity contribution >= 4 is 38.9 Å². The molecule has 0 aliphatic rings. The molecule has 2 aromatic rings. The Hall–Kier alpha value is -1.69. The van der Waals surface area contributed by atoms with E-state index in [-0.39, 0.29) is 11.8 Å². The molecule has 1 N–H and O–H groups in total. The molecule has 0 aliphatic heterocycles. The number of fused-ring (bicyclic) bond motifs is 1. The minimum Gasteiger partial charge on any atom is -0.494 e. The number of hydrogen-bond acceptors (Lipinski definition) is 4. The fourth-order valence-corrected chi connectivity index (χ4v) is 1.91. The quantitative estimate of drug-likeness (QED) is 0.403. The molecule has 0 spiro atoms. The first-order valence-electron chi connectivity index (χ1n) is 4.38. The van der Waals surface area contributed by atoms with Gasteiger partial charge in [-0.1, -0.05) is 0 Å². The lowest BCUT2D eigenvalue weighted by molar-refractivity contribution is -0.104. The number of ketones is 1. The minimum absolute atomic E-state index is 0.274. The average molecular weight is 283 g/mol. The molecule has 0 saturated heterocycles. The Balaban J connectivity index is 2.82. The second kappa shape index (κ2) is 4.05. The highest BCUT2D eigenvalue weighted by Gasteiger charge is 2.17. The molecule has 2 aromatic heterocycles. The van der Waals surface area contributed by atoms with E-state index >= 15 is 0 Å². The molecule has 0 radical (unpaired) electrons. The van der Waals surface area contributed by atoms with Crippen molar-refractivity contribution in [2.45, 2.75) is 0 Å². The van der Waals surface area contributed by atoms with Gasteiger partial charge in [0.2, 0.25) is 5.78 Å². The molecule has 16 heavy (non-hydrogen) atoms. The minimum atomic E-state index is -0.595. The number of pyridine rings is 1. The lowest BCUT2D eigenvalue weighted by Gasteiger charge is -2.03. The molecule has 0 unspecified atom stereocenters. The first-order valence-corrected chi connectivity index (χ1v) is 5.17. The van der Waals surface area contributed by atoms with Crippen LogP contribution in [0.3, 0.4) is 0 Å². The lowest BCUT2D eigenvalue weighted by atomic mass is 10.1. The summed E-state index contributed by atoms with van der Waals surface area (Å²) < 4.78 is 5.67. The Morgan fingerprint density at radius 3 is 3.00 bits per heavy atom. The summed E-state index contributed by atoms with van der Waals surface area (Å²) in [6.07, 6.45) is 3.23. The Bertz CT molecular complexity index is 577. The SMILES string of the molecule is COc1cnc(Br)c2[nH]cc(C(=O)C=O)c12. The third-order valence-electron chi connectivity index (χ3n) is 2.22. The van der Waals surface area contributed by atoms with Crippen LogP contribution in [0.25, 0.3) is 10.9 Å². The van der Waals surface area contributed by atoms with Gasteiger partial charge in [-0.2, -0.15) is 0 Å². The number of nitrogens with one attached hydrogen (secondary N) is 1. The van der Waals surface area contributed by atoms with E-state index < -0.39 is 5.78 Å². The molecule has 0 atom stereocenters. The van der Waals surface area contributed by atoms with E-state index in [0.29, 0.717) is 21.3 Å².